The van der Waals surface area contributed by atoms with Crippen molar-refractivity contribution in [3.63, 3.8) is 0 Å². The molecule has 124 valence electrons. The monoisotopic (exact) mass is 322 g/mol. The van der Waals surface area contributed by atoms with Gasteiger partial charge < -0.3 is 15.0 Å². The molecule has 1 aliphatic rings. The van der Waals surface area contributed by atoms with Crippen molar-refractivity contribution in [1.82, 2.24) is 5.32 Å². The molecule has 2 aromatic carbocycles. The summed E-state index contributed by atoms with van der Waals surface area (Å²) in [5.74, 6) is 0.886. The molecule has 0 saturated carbocycles. The van der Waals surface area contributed by atoms with Gasteiger partial charge in [-0.1, -0.05) is 48.5 Å². The number of ether oxygens (including phenoxy) is 1. The fourth-order valence-corrected chi connectivity index (χ4v) is 2.92. The Kier molecular flexibility index (Phi) is 5.16. The summed E-state index contributed by atoms with van der Waals surface area (Å²) >= 11 is 0. The maximum absolute atomic E-state index is 12.1. The van der Waals surface area contributed by atoms with Crippen LogP contribution in [0.2, 0.25) is 0 Å². The summed E-state index contributed by atoms with van der Waals surface area (Å²) in [5.41, 5.74) is 2.25. The van der Waals surface area contributed by atoms with Crippen molar-refractivity contribution >= 4 is 11.6 Å². The molecule has 3 rings (SSSR count). The second-order valence-electron chi connectivity index (χ2n) is 5.84. The second-order valence-corrected chi connectivity index (χ2v) is 5.84. The molecule has 1 N–H and O–H groups in total. The van der Waals surface area contributed by atoms with E-state index in [4.69, 9.17) is 4.74 Å². The van der Waals surface area contributed by atoms with E-state index >= 15 is 0 Å². The van der Waals surface area contributed by atoms with Crippen LogP contribution in [-0.2, 0) is 11.3 Å². The Bertz CT molecular complexity index is 700. The Balaban J connectivity index is 1.82. The molecular formula is C20H22N2O2. The predicted octanol–water partition coefficient (Wildman–Crippen LogP) is 3.15. The van der Waals surface area contributed by atoms with E-state index in [0.29, 0.717) is 19.6 Å². The minimum Gasteiger partial charge on any atom is -0.489 e. The van der Waals surface area contributed by atoms with E-state index in [1.54, 1.807) is 6.08 Å². The highest BCUT2D eigenvalue weighted by molar-refractivity contribution is 5.78. The maximum Gasteiger partial charge on any atom is 0.222 e. The van der Waals surface area contributed by atoms with Crippen LogP contribution in [0.5, 0.6) is 5.75 Å². The van der Waals surface area contributed by atoms with Crippen LogP contribution in [0.3, 0.4) is 0 Å². The molecular weight excluding hydrogens is 300 g/mol. The van der Waals surface area contributed by atoms with E-state index in [2.05, 4.69) is 28.9 Å². The highest BCUT2D eigenvalue weighted by Gasteiger charge is 2.29. The number of anilines is 1. The summed E-state index contributed by atoms with van der Waals surface area (Å²) in [4.78, 5) is 14.4. The molecule has 2 aromatic rings. The molecule has 4 heteroatoms. The fourth-order valence-electron chi connectivity index (χ4n) is 2.92. The van der Waals surface area contributed by atoms with Crippen LogP contribution < -0.4 is 15.0 Å². The van der Waals surface area contributed by atoms with Gasteiger partial charge in [0.25, 0.3) is 0 Å². The van der Waals surface area contributed by atoms with Crippen molar-refractivity contribution in [3.05, 3.63) is 72.8 Å². The lowest BCUT2D eigenvalue weighted by molar-refractivity contribution is -0.121. The van der Waals surface area contributed by atoms with Gasteiger partial charge in [0.15, 0.2) is 0 Å². The Morgan fingerprint density at radius 2 is 1.96 bits per heavy atom. The van der Waals surface area contributed by atoms with Gasteiger partial charge in [-0.25, -0.2) is 0 Å². The summed E-state index contributed by atoms with van der Waals surface area (Å²) in [6, 6.07) is 18.3. The van der Waals surface area contributed by atoms with E-state index in [9.17, 15) is 4.79 Å². The molecule has 1 heterocycles. The number of nitrogens with zero attached hydrogens (tertiary/aromatic N) is 1. The molecule has 1 unspecified atom stereocenters. The van der Waals surface area contributed by atoms with Crippen molar-refractivity contribution in [2.24, 2.45) is 0 Å². The Hall–Kier alpha value is -2.75. The Morgan fingerprint density at radius 3 is 2.75 bits per heavy atom. The average molecular weight is 322 g/mol. The quantitative estimate of drug-likeness (QED) is 0.831. The van der Waals surface area contributed by atoms with Crippen molar-refractivity contribution < 1.29 is 9.53 Å². The molecule has 1 aliphatic heterocycles. The van der Waals surface area contributed by atoms with Gasteiger partial charge in [0.2, 0.25) is 5.91 Å². The van der Waals surface area contributed by atoms with Gasteiger partial charge in [0.1, 0.15) is 12.4 Å². The van der Waals surface area contributed by atoms with E-state index in [1.165, 1.54) is 5.56 Å². The normalized spacial score (nSPS) is 16.0. The summed E-state index contributed by atoms with van der Waals surface area (Å²) in [6.07, 6.45) is 2.08. The lowest BCUT2D eigenvalue weighted by Gasteiger charge is -2.38. The molecule has 0 fully saturated rings. The Labute approximate surface area is 142 Å². The maximum atomic E-state index is 12.1. The highest BCUT2D eigenvalue weighted by Crippen LogP contribution is 2.35. The molecule has 1 atom stereocenters. The third-order valence-electron chi connectivity index (χ3n) is 4.11. The summed E-state index contributed by atoms with van der Waals surface area (Å²) in [5, 5.41) is 2.85. The third kappa shape index (κ3) is 3.77. The van der Waals surface area contributed by atoms with Crippen LogP contribution in [-0.4, -0.2) is 25.1 Å². The first-order chi connectivity index (χ1) is 11.8. The van der Waals surface area contributed by atoms with E-state index in [1.807, 2.05) is 42.5 Å². The van der Waals surface area contributed by atoms with Gasteiger partial charge in [0.05, 0.1) is 18.2 Å². The number of amides is 1. The van der Waals surface area contributed by atoms with Gasteiger partial charge in [0, 0.05) is 13.1 Å². The van der Waals surface area contributed by atoms with E-state index < -0.39 is 0 Å². The van der Waals surface area contributed by atoms with Gasteiger partial charge in [-0.3, -0.25) is 4.79 Å². The Morgan fingerprint density at radius 1 is 1.21 bits per heavy atom. The first-order valence-corrected chi connectivity index (χ1v) is 8.18. The second kappa shape index (κ2) is 7.68. The predicted molar refractivity (Wildman–Crippen MR) is 96.2 cm³/mol. The molecule has 1 amide bonds. The first-order valence-electron chi connectivity index (χ1n) is 8.18. The standard InChI is InChI=1S/C20H22N2O2/c1-2-12-21-20(23)13-17-15-24-19-11-7-6-10-18(19)22(17)14-16-8-4-3-5-9-16/h2-11,17H,1,12-15H2,(H,21,23). The molecule has 0 spiro atoms. The molecule has 4 nitrogen and oxygen atoms in total. The lowest BCUT2D eigenvalue weighted by atomic mass is 10.1. The number of fused-ring (bicyclic) bond motifs is 1. The zero-order chi connectivity index (χ0) is 16.8. The number of carbonyl (C=O) groups is 1. The molecule has 0 aliphatic carbocycles. The lowest BCUT2D eigenvalue weighted by Crippen LogP contribution is -2.45. The minimum atomic E-state index is 0.00456. The molecule has 0 radical (unpaired) electrons. The topological polar surface area (TPSA) is 41.6 Å². The van der Waals surface area contributed by atoms with Crippen molar-refractivity contribution in [3.8, 4) is 5.75 Å². The van der Waals surface area contributed by atoms with Crippen molar-refractivity contribution in [2.45, 2.75) is 19.0 Å². The molecule has 0 bridgehead atoms. The van der Waals surface area contributed by atoms with Crippen molar-refractivity contribution in [1.29, 1.82) is 0 Å². The van der Waals surface area contributed by atoms with Gasteiger partial charge in [-0.15, -0.1) is 6.58 Å². The smallest absolute Gasteiger partial charge is 0.222 e. The van der Waals surface area contributed by atoms with Crippen LogP contribution in [0.4, 0.5) is 5.69 Å². The first kappa shape index (κ1) is 16.1. The van der Waals surface area contributed by atoms with Crippen LogP contribution in [0, 0.1) is 0 Å². The van der Waals surface area contributed by atoms with Gasteiger partial charge >= 0.3 is 0 Å². The average Bonchev–Trinajstić information content (AvgIpc) is 2.63. The van der Waals surface area contributed by atoms with E-state index in [0.717, 1.165) is 18.0 Å². The number of nitrogens with one attached hydrogen (secondary N) is 1. The van der Waals surface area contributed by atoms with Gasteiger partial charge in [-0.2, -0.15) is 0 Å². The van der Waals surface area contributed by atoms with Crippen molar-refractivity contribution in [2.75, 3.05) is 18.1 Å². The number of rotatable bonds is 6. The fraction of sp³-hybridized carbons (Fsp3) is 0.250. The van der Waals surface area contributed by atoms with Crippen LogP contribution >= 0.6 is 0 Å². The van der Waals surface area contributed by atoms with Crippen LogP contribution in [0.1, 0.15) is 12.0 Å². The SMILES string of the molecule is C=CCNC(=O)CC1COc2ccccc2N1Cc1ccccc1. The minimum absolute atomic E-state index is 0.00456. The number of hydrogen-bond acceptors (Lipinski definition) is 3. The van der Waals surface area contributed by atoms with E-state index in [-0.39, 0.29) is 11.9 Å². The summed E-state index contributed by atoms with van der Waals surface area (Å²) in [6.45, 7) is 5.37. The number of para-hydroxylation sites is 2. The third-order valence-corrected chi connectivity index (χ3v) is 4.11. The molecule has 0 aromatic heterocycles. The zero-order valence-corrected chi connectivity index (χ0v) is 13.7. The number of hydrogen-bond donors (Lipinski definition) is 1. The highest BCUT2D eigenvalue weighted by atomic mass is 16.5. The number of benzene rings is 2. The number of carbonyl (C=O) groups excluding carboxylic acids is 1. The van der Waals surface area contributed by atoms with Crippen LogP contribution in [0.25, 0.3) is 0 Å². The summed E-state index contributed by atoms with van der Waals surface area (Å²) in [7, 11) is 0. The largest absolute Gasteiger partial charge is 0.489 e. The summed E-state index contributed by atoms with van der Waals surface area (Å²) < 4.78 is 5.87. The van der Waals surface area contributed by atoms with Gasteiger partial charge in [-0.05, 0) is 17.7 Å². The molecule has 0 saturated heterocycles. The van der Waals surface area contributed by atoms with Crippen LogP contribution in [0.15, 0.2) is 67.3 Å². The molecule has 24 heavy (non-hydrogen) atoms. The zero-order valence-electron chi connectivity index (χ0n) is 13.7.